The Morgan fingerprint density at radius 3 is 2.53 bits per heavy atom. The third-order valence-electron chi connectivity index (χ3n) is 6.18. The van der Waals surface area contributed by atoms with Crippen molar-refractivity contribution in [2.75, 3.05) is 18.4 Å². The van der Waals surface area contributed by atoms with Gasteiger partial charge in [0.1, 0.15) is 16.5 Å². The molecular formula is C23H26N4O4S. The number of hydrogen-bond acceptors (Lipinski definition) is 5. The number of benzene rings is 1. The van der Waals surface area contributed by atoms with E-state index in [1.165, 1.54) is 22.5 Å². The van der Waals surface area contributed by atoms with Gasteiger partial charge in [0.05, 0.1) is 0 Å². The maximum absolute atomic E-state index is 12.8. The van der Waals surface area contributed by atoms with E-state index in [-0.39, 0.29) is 16.4 Å². The van der Waals surface area contributed by atoms with Crippen molar-refractivity contribution in [3.63, 3.8) is 0 Å². The topological polar surface area (TPSA) is 97.4 Å². The molecule has 0 bridgehead atoms. The van der Waals surface area contributed by atoms with Crippen LogP contribution in [0.5, 0.6) is 0 Å². The number of amides is 1. The van der Waals surface area contributed by atoms with Crippen molar-refractivity contribution in [1.29, 1.82) is 0 Å². The first-order valence-corrected chi connectivity index (χ1v) is 12.4. The molecule has 32 heavy (non-hydrogen) atoms. The molecule has 0 aliphatic carbocycles. The molecular weight excluding hydrogens is 428 g/mol. The minimum atomic E-state index is -3.64. The predicted octanol–water partition coefficient (Wildman–Crippen LogP) is 3.82. The van der Waals surface area contributed by atoms with Crippen LogP contribution in [0.15, 0.2) is 45.8 Å². The van der Waals surface area contributed by atoms with Crippen LogP contribution in [-0.4, -0.2) is 41.3 Å². The van der Waals surface area contributed by atoms with Crippen molar-refractivity contribution in [3.8, 4) is 11.4 Å². The number of carbonyl (C=O) groups excluding carboxylic acids is 1. The number of fused-ring (bicyclic) bond motifs is 1. The molecule has 0 saturated carbocycles. The highest BCUT2D eigenvalue weighted by Gasteiger charge is 2.31. The molecule has 8 nitrogen and oxygen atoms in total. The van der Waals surface area contributed by atoms with E-state index in [2.05, 4.69) is 14.9 Å². The van der Waals surface area contributed by atoms with E-state index < -0.39 is 15.9 Å². The number of carbonyl (C=O) groups is 1. The maximum atomic E-state index is 12.8. The number of nitrogens with one attached hydrogen (secondary N) is 1. The zero-order chi connectivity index (χ0) is 22.3. The monoisotopic (exact) mass is 454 g/mol. The van der Waals surface area contributed by atoms with Crippen LogP contribution >= 0.6 is 0 Å². The number of imidazole rings is 1. The number of aryl methyl sites for hydroxylation is 2. The van der Waals surface area contributed by atoms with Crippen LogP contribution < -0.4 is 5.32 Å². The molecule has 5 rings (SSSR count). The molecule has 1 saturated heterocycles. The summed E-state index contributed by atoms with van der Waals surface area (Å²) in [7, 11) is -3.64. The molecule has 9 heteroatoms. The lowest BCUT2D eigenvalue weighted by molar-refractivity contribution is 0.0995. The van der Waals surface area contributed by atoms with Crippen LogP contribution in [0.4, 0.5) is 5.69 Å². The van der Waals surface area contributed by atoms with Crippen molar-refractivity contribution in [2.45, 2.75) is 50.5 Å². The first kappa shape index (κ1) is 21.0. The van der Waals surface area contributed by atoms with E-state index in [1.807, 2.05) is 30.5 Å². The number of hydrogen-bond donors (Lipinski definition) is 1. The summed E-state index contributed by atoms with van der Waals surface area (Å²) in [5.74, 6) is 0.658. The second kappa shape index (κ2) is 8.22. The van der Waals surface area contributed by atoms with Crippen LogP contribution in [0.3, 0.4) is 0 Å². The maximum Gasteiger partial charge on any atom is 0.291 e. The van der Waals surface area contributed by atoms with Crippen LogP contribution in [0.25, 0.3) is 11.4 Å². The number of sulfonamides is 1. The van der Waals surface area contributed by atoms with E-state index in [0.29, 0.717) is 18.8 Å². The Morgan fingerprint density at radius 2 is 1.78 bits per heavy atom. The number of aromatic nitrogens is 2. The molecule has 2 aliphatic rings. The van der Waals surface area contributed by atoms with Gasteiger partial charge in [-0.25, -0.2) is 13.4 Å². The number of furan rings is 1. The Kier molecular flexibility index (Phi) is 5.38. The van der Waals surface area contributed by atoms with E-state index >= 15 is 0 Å². The zero-order valence-electron chi connectivity index (χ0n) is 18.0. The van der Waals surface area contributed by atoms with E-state index in [9.17, 15) is 13.2 Å². The SMILES string of the molecule is Cc1oc(C(=O)Nc2ccc(-c3ncc4n3CCCC4)cc2)cc1S(=O)(=O)N1CCCC1. The van der Waals surface area contributed by atoms with Crippen LogP contribution in [0, 0.1) is 6.92 Å². The Morgan fingerprint density at radius 1 is 1.06 bits per heavy atom. The minimum absolute atomic E-state index is 0.0216. The summed E-state index contributed by atoms with van der Waals surface area (Å²) in [5.41, 5.74) is 2.85. The van der Waals surface area contributed by atoms with E-state index in [0.717, 1.165) is 43.6 Å². The summed E-state index contributed by atoms with van der Waals surface area (Å²) >= 11 is 0. The Balaban J connectivity index is 1.32. The lowest BCUT2D eigenvalue weighted by Gasteiger charge is -2.16. The standard InChI is InChI=1S/C23H26N4O4S/c1-16-21(32(29,30)26-11-4-5-12-26)14-20(31-16)23(28)25-18-9-7-17(8-10-18)22-24-15-19-6-2-3-13-27(19)22/h7-10,14-15H,2-6,11-13H2,1H3,(H,25,28). The number of rotatable bonds is 5. The van der Waals surface area contributed by atoms with Gasteiger partial charge in [-0.1, -0.05) is 0 Å². The lowest BCUT2D eigenvalue weighted by atomic mass is 10.1. The fourth-order valence-electron chi connectivity index (χ4n) is 4.46. The molecule has 168 valence electrons. The molecule has 3 aromatic rings. The summed E-state index contributed by atoms with van der Waals surface area (Å²) in [6.07, 6.45) is 7.05. The highest BCUT2D eigenvalue weighted by molar-refractivity contribution is 7.89. The summed E-state index contributed by atoms with van der Waals surface area (Å²) in [4.78, 5) is 17.3. The average Bonchev–Trinajstić information content (AvgIpc) is 3.54. The molecule has 4 heterocycles. The van der Waals surface area contributed by atoms with Gasteiger partial charge in [-0.2, -0.15) is 4.31 Å². The highest BCUT2D eigenvalue weighted by atomic mass is 32.2. The summed E-state index contributed by atoms with van der Waals surface area (Å²) in [6, 6.07) is 8.81. The Hall–Kier alpha value is -2.91. The molecule has 2 aliphatic heterocycles. The van der Waals surface area contributed by atoms with Gasteiger partial charge in [-0.3, -0.25) is 4.79 Å². The van der Waals surface area contributed by atoms with E-state index in [1.54, 1.807) is 6.92 Å². The van der Waals surface area contributed by atoms with E-state index in [4.69, 9.17) is 4.42 Å². The molecule has 0 unspecified atom stereocenters. The van der Waals surface area contributed by atoms with Gasteiger partial charge in [0, 0.05) is 48.8 Å². The molecule has 0 atom stereocenters. The van der Waals surface area contributed by atoms with Crippen molar-refractivity contribution < 1.29 is 17.6 Å². The second-order valence-corrected chi connectivity index (χ2v) is 10.3. The molecule has 1 N–H and O–H groups in total. The van der Waals surface area contributed by atoms with Crippen molar-refractivity contribution in [3.05, 3.63) is 53.7 Å². The molecule has 1 aromatic carbocycles. The van der Waals surface area contributed by atoms with Crippen LogP contribution in [-0.2, 0) is 23.0 Å². The first-order chi connectivity index (χ1) is 15.4. The lowest BCUT2D eigenvalue weighted by Crippen LogP contribution is -2.28. The van der Waals surface area contributed by atoms with Gasteiger partial charge in [0.15, 0.2) is 5.76 Å². The third kappa shape index (κ3) is 3.75. The van der Waals surface area contributed by atoms with Gasteiger partial charge in [-0.05, 0) is 63.3 Å². The average molecular weight is 455 g/mol. The van der Waals surface area contributed by atoms with Crippen molar-refractivity contribution in [1.82, 2.24) is 13.9 Å². The van der Waals surface area contributed by atoms with Crippen LogP contribution in [0.2, 0.25) is 0 Å². The molecule has 0 radical (unpaired) electrons. The fraction of sp³-hybridized carbons (Fsp3) is 0.391. The summed E-state index contributed by atoms with van der Waals surface area (Å²) in [5, 5.41) is 2.79. The number of nitrogens with zero attached hydrogens (tertiary/aromatic N) is 3. The number of anilines is 1. The molecule has 1 fully saturated rings. The van der Waals surface area contributed by atoms with Gasteiger partial charge in [-0.15, -0.1) is 0 Å². The Bertz CT molecular complexity index is 1250. The second-order valence-electron chi connectivity index (χ2n) is 8.36. The minimum Gasteiger partial charge on any atom is -0.455 e. The van der Waals surface area contributed by atoms with Gasteiger partial charge >= 0.3 is 0 Å². The normalized spacial score (nSPS) is 16.8. The summed E-state index contributed by atoms with van der Waals surface area (Å²) in [6.45, 7) is 3.55. The quantitative estimate of drug-likeness (QED) is 0.632. The van der Waals surface area contributed by atoms with Crippen molar-refractivity contribution in [2.24, 2.45) is 0 Å². The predicted molar refractivity (Wildman–Crippen MR) is 120 cm³/mol. The fourth-order valence-corrected chi connectivity index (χ4v) is 6.14. The molecule has 2 aromatic heterocycles. The molecule has 1 amide bonds. The summed E-state index contributed by atoms with van der Waals surface area (Å²) < 4.78 is 34.9. The third-order valence-corrected chi connectivity index (χ3v) is 8.19. The van der Waals surface area contributed by atoms with Crippen molar-refractivity contribution >= 4 is 21.6 Å². The highest BCUT2D eigenvalue weighted by Crippen LogP contribution is 2.28. The molecule has 0 spiro atoms. The zero-order valence-corrected chi connectivity index (χ0v) is 18.8. The van der Waals surface area contributed by atoms with Gasteiger partial charge in [0.2, 0.25) is 10.0 Å². The van der Waals surface area contributed by atoms with Gasteiger partial charge < -0.3 is 14.3 Å². The van der Waals surface area contributed by atoms with Gasteiger partial charge in [0.25, 0.3) is 5.91 Å². The Labute approximate surface area is 187 Å². The smallest absolute Gasteiger partial charge is 0.291 e. The first-order valence-electron chi connectivity index (χ1n) is 11.0. The largest absolute Gasteiger partial charge is 0.455 e. The van der Waals surface area contributed by atoms with Crippen LogP contribution in [0.1, 0.15) is 47.7 Å².